The SMILES string of the molecule is CS(=O)(=O)N[C@@H](c1ccccc1)[C@H](O)c1ccccc1. The lowest BCUT2D eigenvalue weighted by atomic mass is 9.97. The molecule has 0 amide bonds. The van der Waals surface area contributed by atoms with Crippen molar-refractivity contribution in [2.24, 2.45) is 0 Å². The fraction of sp³-hybridized carbons (Fsp3) is 0.200. The molecule has 0 bridgehead atoms. The van der Waals surface area contributed by atoms with Gasteiger partial charge in [-0.1, -0.05) is 60.7 Å². The Balaban J connectivity index is 2.37. The fourth-order valence-corrected chi connectivity index (χ4v) is 2.77. The molecule has 0 unspecified atom stereocenters. The van der Waals surface area contributed by atoms with Crippen LogP contribution in [0, 0.1) is 0 Å². The van der Waals surface area contributed by atoms with Crippen molar-refractivity contribution in [1.29, 1.82) is 0 Å². The van der Waals surface area contributed by atoms with Crippen molar-refractivity contribution in [3.05, 3.63) is 71.8 Å². The van der Waals surface area contributed by atoms with Crippen LogP contribution in [0.5, 0.6) is 0 Å². The van der Waals surface area contributed by atoms with Gasteiger partial charge in [-0.15, -0.1) is 0 Å². The van der Waals surface area contributed by atoms with E-state index in [1.54, 1.807) is 36.4 Å². The first-order chi connectivity index (χ1) is 9.47. The molecule has 2 rings (SSSR count). The third-order valence-electron chi connectivity index (χ3n) is 2.96. The van der Waals surface area contributed by atoms with Crippen LogP contribution in [0.25, 0.3) is 0 Å². The number of aliphatic hydroxyl groups is 1. The number of hydrogen-bond acceptors (Lipinski definition) is 3. The van der Waals surface area contributed by atoms with Gasteiger partial charge in [-0.05, 0) is 11.1 Å². The van der Waals surface area contributed by atoms with Crippen molar-refractivity contribution in [1.82, 2.24) is 4.72 Å². The number of benzene rings is 2. The maximum atomic E-state index is 11.5. The average molecular weight is 291 g/mol. The van der Waals surface area contributed by atoms with Gasteiger partial charge in [-0.25, -0.2) is 13.1 Å². The topological polar surface area (TPSA) is 66.4 Å². The van der Waals surface area contributed by atoms with Crippen LogP contribution >= 0.6 is 0 Å². The number of nitrogens with one attached hydrogen (secondary N) is 1. The molecule has 5 heteroatoms. The monoisotopic (exact) mass is 291 g/mol. The maximum absolute atomic E-state index is 11.5. The van der Waals surface area contributed by atoms with Crippen LogP contribution in [-0.2, 0) is 10.0 Å². The standard InChI is InChI=1S/C15H17NO3S/c1-20(18,19)16-14(12-8-4-2-5-9-12)15(17)13-10-6-3-7-11-13/h2-11,14-17H,1H3/t14-,15+/m0/s1. The second-order valence-electron chi connectivity index (χ2n) is 4.63. The Morgan fingerprint density at radius 2 is 1.35 bits per heavy atom. The summed E-state index contributed by atoms with van der Waals surface area (Å²) in [5.41, 5.74) is 1.38. The summed E-state index contributed by atoms with van der Waals surface area (Å²) < 4.78 is 25.6. The highest BCUT2D eigenvalue weighted by atomic mass is 32.2. The van der Waals surface area contributed by atoms with E-state index in [1.807, 2.05) is 24.3 Å². The van der Waals surface area contributed by atoms with Gasteiger partial charge in [0.2, 0.25) is 10.0 Å². The van der Waals surface area contributed by atoms with Gasteiger partial charge in [-0.3, -0.25) is 0 Å². The molecule has 2 N–H and O–H groups in total. The molecule has 106 valence electrons. The van der Waals surface area contributed by atoms with Gasteiger partial charge in [-0.2, -0.15) is 0 Å². The minimum Gasteiger partial charge on any atom is -0.386 e. The molecule has 0 saturated carbocycles. The third-order valence-corrected chi connectivity index (χ3v) is 3.64. The number of hydrogen-bond donors (Lipinski definition) is 2. The lowest BCUT2D eigenvalue weighted by Crippen LogP contribution is -2.31. The lowest BCUT2D eigenvalue weighted by molar-refractivity contribution is 0.139. The van der Waals surface area contributed by atoms with Crippen LogP contribution in [0.2, 0.25) is 0 Å². The van der Waals surface area contributed by atoms with Crippen LogP contribution in [-0.4, -0.2) is 19.8 Å². The molecule has 0 aliphatic carbocycles. The Bertz CT molecular complexity index is 641. The molecule has 0 fully saturated rings. The molecule has 20 heavy (non-hydrogen) atoms. The summed E-state index contributed by atoms with van der Waals surface area (Å²) in [6.07, 6.45) is 0.133. The minimum absolute atomic E-state index is 0.664. The zero-order valence-electron chi connectivity index (χ0n) is 11.1. The van der Waals surface area contributed by atoms with E-state index >= 15 is 0 Å². The molecule has 0 saturated heterocycles. The molecule has 2 aromatic rings. The molecule has 0 aliphatic heterocycles. The minimum atomic E-state index is -3.43. The van der Waals surface area contributed by atoms with E-state index in [4.69, 9.17) is 0 Å². The van der Waals surface area contributed by atoms with Crippen LogP contribution in [0.1, 0.15) is 23.3 Å². The van der Waals surface area contributed by atoms with E-state index in [0.29, 0.717) is 11.1 Å². The second kappa shape index (κ2) is 6.17. The van der Waals surface area contributed by atoms with Crippen molar-refractivity contribution in [3.63, 3.8) is 0 Å². The predicted octanol–water partition coefficient (Wildman–Crippen LogP) is 2.01. The normalized spacial score (nSPS) is 14.7. The molecule has 0 aliphatic rings. The Morgan fingerprint density at radius 3 is 1.80 bits per heavy atom. The molecule has 0 spiro atoms. The van der Waals surface area contributed by atoms with E-state index in [-0.39, 0.29) is 0 Å². The van der Waals surface area contributed by atoms with Gasteiger partial charge in [0.25, 0.3) is 0 Å². The van der Waals surface area contributed by atoms with Crippen molar-refractivity contribution < 1.29 is 13.5 Å². The smallest absolute Gasteiger partial charge is 0.209 e. The van der Waals surface area contributed by atoms with Crippen LogP contribution < -0.4 is 4.72 Å². The first-order valence-corrected chi connectivity index (χ1v) is 8.12. The highest BCUT2D eigenvalue weighted by molar-refractivity contribution is 7.88. The highest BCUT2D eigenvalue weighted by Crippen LogP contribution is 2.29. The van der Waals surface area contributed by atoms with Crippen molar-refractivity contribution >= 4 is 10.0 Å². The summed E-state index contributed by atoms with van der Waals surface area (Å²) in [4.78, 5) is 0. The summed E-state index contributed by atoms with van der Waals surface area (Å²) in [5.74, 6) is 0. The van der Waals surface area contributed by atoms with Gasteiger partial charge in [0.1, 0.15) is 0 Å². The maximum Gasteiger partial charge on any atom is 0.209 e. The number of sulfonamides is 1. The zero-order chi connectivity index (χ0) is 14.6. The van der Waals surface area contributed by atoms with E-state index in [0.717, 1.165) is 6.26 Å². The molecular weight excluding hydrogens is 274 g/mol. The first-order valence-electron chi connectivity index (χ1n) is 6.22. The number of rotatable bonds is 5. The Hall–Kier alpha value is -1.69. The quantitative estimate of drug-likeness (QED) is 0.885. The lowest BCUT2D eigenvalue weighted by Gasteiger charge is -2.24. The van der Waals surface area contributed by atoms with Crippen molar-refractivity contribution in [2.45, 2.75) is 12.1 Å². The summed E-state index contributed by atoms with van der Waals surface area (Å²) in [5, 5.41) is 10.5. The largest absolute Gasteiger partial charge is 0.386 e. The molecule has 0 aromatic heterocycles. The van der Waals surface area contributed by atoms with E-state index in [9.17, 15) is 13.5 Å². The summed E-state index contributed by atoms with van der Waals surface area (Å²) in [7, 11) is -3.43. The van der Waals surface area contributed by atoms with Gasteiger partial charge in [0, 0.05) is 0 Å². The van der Waals surface area contributed by atoms with Crippen LogP contribution in [0.4, 0.5) is 0 Å². The van der Waals surface area contributed by atoms with Crippen molar-refractivity contribution in [2.75, 3.05) is 6.26 Å². The van der Waals surface area contributed by atoms with E-state index < -0.39 is 22.2 Å². The van der Waals surface area contributed by atoms with Gasteiger partial charge in [0.15, 0.2) is 0 Å². The summed E-state index contributed by atoms with van der Waals surface area (Å²) >= 11 is 0. The molecular formula is C15H17NO3S. The Morgan fingerprint density at radius 1 is 0.900 bits per heavy atom. The van der Waals surface area contributed by atoms with Crippen molar-refractivity contribution in [3.8, 4) is 0 Å². The number of aliphatic hydroxyl groups excluding tert-OH is 1. The highest BCUT2D eigenvalue weighted by Gasteiger charge is 2.25. The van der Waals surface area contributed by atoms with Crippen LogP contribution in [0.15, 0.2) is 60.7 Å². The molecule has 2 aromatic carbocycles. The van der Waals surface area contributed by atoms with Crippen LogP contribution in [0.3, 0.4) is 0 Å². The molecule has 0 heterocycles. The first kappa shape index (κ1) is 14.7. The third kappa shape index (κ3) is 3.90. The summed E-state index contributed by atoms with van der Waals surface area (Å²) in [6.45, 7) is 0. The van der Waals surface area contributed by atoms with Gasteiger partial charge < -0.3 is 5.11 Å². The Kier molecular flexibility index (Phi) is 4.54. The molecule has 2 atom stereocenters. The second-order valence-corrected chi connectivity index (χ2v) is 6.41. The van der Waals surface area contributed by atoms with E-state index in [1.165, 1.54) is 0 Å². The predicted molar refractivity (Wildman–Crippen MR) is 78.6 cm³/mol. The summed E-state index contributed by atoms with van der Waals surface area (Å²) in [6, 6.07) is 17.3. The van der Waals surface area contributed by atoms with Gasteiger partial charge >= 0.3 is 0 Å². The van der Waals surface area contributed by atoms with Gasteiger partial charge in [0.05, 0.1) is 18.4 Å². The van der Waals surface area contributed by atoms with E-state index in [2.05, 4.69) is 4.72 Å². The zero-order valence-corrected chi connectivity index (χ0v) is 11.9. The fourth-order valence-electron chi connectivity index (χ4n) is 2.05. The Labute approximate surface area is 119 Å². The average Bonchev–Trinajstić information content (AvgIpc) is 2.45. The molecule has 4 nitrogen and oxygen atoms in total. The molecule has 0 radical (unpaired) electrons.